The Morgan fingerprint density at radius 2 is 2.00 bits per heavy atom. The summed E-state index contributed by atoms with van der Waals surface area (Å²) in [6, 6.07) is 0. The van der Waals surface area contributed by atoms with Gasteiger partial charge in [0.15, 0.2) is 0 Å². The average Bonchev–Trinajstić information content (AvgIpc) is 2.35. The van der Waals surface area contributed by atoms with Crippen LogP contribution >= 0.6 is 23.2 Å². The monoisotopic (exact) mass is 298 g/mol. The van der Waals surface area contributed by atoms with E-state index in [0.29, 0.717) is 23.3 Å². The molecule has 1 heterocycles. The highest BCUT2D eigenvalue weighted by molar-refractivity contribution is 6.32. The Balaban J connectivity index is 2.15. The number of aromatic nitrogens is 2. The van der Waals surface area contributed by atoms with Crippen LogP contribution in [0, 0.1) is 11.8 Å². The van der Waals surface area contributed by atoms with E-state index in [1.165, 1.54) is 0 Å². The van der Waals surface area contributed by atoms with Crippen LogP contribution in [0.25, 0.3) is 0 Å². The van der Waals surface area contributed by atoms with E-state index in [0.717, 1.165) is 30.5 Å². The summed E-state index contributed by atoms with van der Waals surface area (Å²) in [6.45, 7) is 4.23. The molecule has 0 aliphatic heterocycles. The van der Waals surface area contributed by atoms with Crippen LogP contribution in [0.1, 0.15) is 44.4 Å². The Kier molecular flexibility index (Phi) is 3.10. The summed E-state index contributed by atoms with van der Waals surface area (Å²) in [6.07, 6.45) is 3.26. The molecule has 0 spiro atoms. The summed E-state index contributed by atoms with van der Waals surface area (Å²) in [7, 11) is 0. The molecule has 0 aromatic carbocycles. The van der Waals surface area contributed by atoms with Crippen LogP contribution in [-0.2, 0) is 16.6 Å². The number of Topliss-reactive ketones (excluding diaryl/α,β-unsaturated/α-hetero) is 1. The van der Waals surface area contributed by atoms with E-state index in [1.807, 2.05) is 6.92 Å². The maximum absolute atomic E-state index is 12.0. The van der Waals surface area contributed by atoms with Gasteiger partial charge in [-0.2, -0.15) is 0 Å². The number of ketones is 1. The van der Waals surface area contributed by atoms with E-state index in [-0.39, 0.29) is 16.6 Å². The third kappa shape index (κ3) is 1.90. The largest absolute Gasteiger partial charge is 0.299 e. The van der Waals surface area contributed by atoms with Crippen molar-refractivity contribution in [2.24, 2.45) is 11.8 Å². The minimum atomic E-state index is -0.100. The number of carbonyl (C=O) groups excluding carboxylic acids is 1. The maximum Gasteiger partial charge on any atom is 0.224 e. The van der Waals surface area contributed by atoms with Gasteiger partial charge in [-0.05, 0) is 36.8 Å². The van der Waals surface area contributed by atoms with Crippen molar-refractivity contribution in [3.8, 4) is 0 Å². The molecule has 3 nitrogen and oxygen atoms in total. The molecule has 1 saturated carbocycles. The van der Waals surface area contributed by atoms with E-state index in [1.54, 1.807) is 0 Å². The fraction of sp³-hybridized carbons (Fsp3) is 0.643. The van der Waals surface area contributed by atoms with Gasteiger partial charge in [0.25, 0.3) is 0 Å². The predicted octanol–water partition coefficient (Wildman–Crippen LogP) is 3.60. The number of nitrogens with zero attached hydrogens (tertiary/aromatic N) is 2. The Bertz CT molecular complexity index is 561. The third-order valence-corrected chi connectivity index (χ3v) is 5.48. The first kappa shape index (κ1) is 13.3. The van der Waals surface area contributed by atoms with Crippen molar-refractivity contribution in [2.45, 2.75) is 44.9 Å². The molecular formula is C14H16Cl2N2O. The summed E-state index contributed by atoms with van der Waals surface area (Å²) < 4.78 is 0. The first-order chi connectivity index (χ1) is 8.93. The maximum atomic E-state index is 12.0. The first-order valence-corrected chi connectivity index (χ1v) is 7.44. The molecule has 3 rings (SSSR count). The van der Waals surface area contributed by atoms with Crippen LogP contribution in [0.3, 0.4) is 0 Å². The summed E-state index contributed by atoms with van der Waals surface area (Å²) in [5, 5.41) is 0.675. The lowest BCUT2D eigenvalue weighted by molar-refractivity contribution is -0.128. The third-order valence-electron chi connectivity index (χ3n) is 5.00. The van der Waals surface area contributed by atoms with Gasteiger partial charge in [0, 0.05) is 23.3 Å². The highest BCUT2D eigenvalue weighted by Gasteiger charge is 2.49. The van der Waals surface area contributed by atoms with Crippen molar-refractivity contribution < 1.29 is 4.79 Å². The van der Waals surface area contributed by atoms with Gasteiger partial charge in [-0.25, -0.2) is 9.97 Å². The highest BCUT2D eigenvalue weighted by atomic mass is 35.5. The smallest absolute Gasteiger partial charge is 0.224 e. The summed E-state index contributed by atoms with van der Waals surface area (Å²) in [5.74, 6) is 0.805. The predicted molar refractivity (Wildman–Crippen MR) is 74.6 cm³/mol. The number of rotatable bonds is 0. The van der Waals surface area contributed by atoms with E-state index >= 15 is 0 Å². The molecule has 0 radical (unpaired) electrons. The van der Waals surface area contributed by atoms with E-state index < -0.39 is 0 Å². The average molecular weight is 299 g/mol. The first-order valence-electron chi connectivity index (χ1n) is 6.68. The molecule has 2 aliphatic carbocycles. The van der Waals surface area contributed by atoms with E-state index in [2.05, 4.69) is 16.9 Å². The molecule has 0 bridgehead atoms. The lowest BCUT2D eigenvalue weighted by atomic mass is 9.56. The van der Waals surface area contributed by atoms with Gasteiger partial charge < -0.3 is 0 Å². The second-order valence-corrected chi connectivity index (χ2v) is 6.62. The molecule has 3 atom stereocenters. The molecule has 5 heteroatoms. The van der Waals surface area contributed by atoms with Crippen LogP contribution in [-0.4, -0.2) is 15.8 Å². The normalized spacial score (nSPS) is 33.8. The SMILES string of the molecule is C[C@H]1C(=O)CC[C@@]2(C)c3nc(Cl)nc(Cl)c3CC[C@H]12. The number of carbonyl (C=O) groups is 1. The molecular weight excluding hydrogens is 283 g/mol. The molecule has 0 saturated heterocycles. The van der Waals surface area contributed by atoms with Crippen molar-refractivity contribution in [3.05, 3.63) is 21.7 Å². The second-order valence-electron chi connectivity index (χ2n) is 5.93. The molecule has 0 unspecified atom stereocenters. The Hall–Kier alpha value is -0.670. The molecule has 1 fully saturated rings. The van der Waals surface area contributed by atoms with Crippen LogP contribution < -0.4 is 0 Å². The fourth-order valence-corrected chi connectivity index (χ4v) is 4.34. The molecule has 1 aromatic rings. The van der Waals surface area contributed by atoms with Gasteiger partial charge in [0.1, 0.15) is 10.9 Å². The molecule has 0 amide bonds. The number of hydrogen-bond acceptors (Lipinski definition) is 3. The Morgan fingerprint density at radius 3 is 2.74 bits per heavy atom. The second kappa shape index (κ2) is 4.42. The van der Waals surface area contributed by atoms with Crippen LogP contribution in [0.15, 0.2) is 0 Å². The summed E-state index contributed by atoms with van der Waals surface area (Å²) >= 11 is 12.2. The lowest BCUT2D eigenvalue weighted by Crippen LogP contribution is -2.47. The van der Waals surface area contributed by atoms with Crippen molar-refractivity contribution in [1.82, 2.24) is 9.97 Å². The van der Waals surface area contributed by atoms with E-state index in [9.17, 15) is 4.79 Å². The van der Waals surface area contributed by atoms with Gasteiger partial charge in [-0.15, -0.1) is 0 Å². The minimum absolute atomic E-state index is 0.0967. The van der Waals surface area contributed by atoms with E-state index in [4.69, 9.17) is 23.2 Å². The van der Waals surface area contributed by atoms with Crippen molar-refractivity contribution in [2.75, 3.05) is 0 Å². The molecule has 2 aliphatic rings. The van der Waals surface area contributed by atoms with Gasteiger partial charge in [-0.3, -0.25) is 4.79 Å². The fourth-order valence-electron chi connectivity index (χ4n) is 3.86. The van der Waals surface area contributed by atoms with Crippen LogP contribution in [0.4, 0.5) is 0 Å². The quantitative estimate of drug-likeness (QED) is 0.543. The van der Waals surface area contributed by atoms with Crippen LogP contribution in [0.5, 0.6) is 0 Å². The van der Waals surface area contributed by atoms with Gasteiger partial charge in [0.2, 0.25) is 5.28 Å². The molecule has 102 valence electrons. The summed E-state index contributed by atoms with van der Waals surface area (Å²) in [4.78, 5) is 20.4. The Labute approximate surface area is 122 Å². The Morgan fingerprint density at radius 1 is 1.26 bits per heavy atom. The zero-order valence-electron chi connectivity index (χ0n) is 11.0. The molecule has 1 aromatic heterocycles. The van der Waals surface area contributed by atoms with Crippen molar-refractivity contribution >= 4 is 29.0 Å². The highest BCUT2D eigenvalue weighted by Crippen LogP contribution is 2.51. The minimum Gasteiger partial charge on any atom is -0.299 e. The van der Waals surface area contributed by atoms with Crippen molar-refractivity contribution in [3.63, 3.8) is 0 Å². The number of hydrogen-bond donors (Lipinski definition) is 0. The van der Waals surface area contributed by atoms with Crippen LogP contribution in [0.2, 0.25) is 10.4 Å². The van der Waals surface area contributed by atoms with Gasteiger partial charge in [0.05, 0.1) is 5.69 Å². The van der Waals surface area contributed by atoms with Gasteiger partial charge >= 0.3 is 0 Å². The zero-order chi connectivity index (χ0) is 13.8. The number of fused-ring (bicyclic) bond motifs is 3. The molecule has 19 heavy (non-hydrogen) atoms. The van der Waals surface area contributed by atoms with Crippen molar-refractivity contribution in [1.29, 1.82) is 0 Å². The number of halogens is 2. The summed E-state index contributed by atoms with van der Waals surface area (Å²) in [5.41, 5.74) is 1.89. The zero-order valence-corrected chi connectivity index (χ0v) is 12.6. The van der Waals surface area contributed by atoms with Gasteiger partial charge in [-0.1, -0.05) is 25.4 Å². The standard InChI is InChI=1S/C14H16Cl2N2O/c1-7-9-4-3-8-11(17-13(16)18-12(8)15)14(9,2)6-5-10(7)19/h7,9H,3-6H2,1-2H3/t7-,9-,14-/m1/s1. The molecule has 0 N–H and O–H groups in total. The topological polar surface area (TPSA) is 42.9 Å². The lowest BCUT2D eigenvalue weighted by Gasteiger charge is -2.47.